The van der Waals surface area contributed by atoms with Crippen molar-refractivity contribution in [3.8, 4) is 0 Å². The van der Waals surface area contributed by atoms with Crippen molar-refractivity contribution in [2.75, 3.05) is 0 Å². The molecule has 0 spiro atoms. The smallest absolute Gasteiger partial charge is 0.124 e. The third kappa shape index (κ3) is 3.40. The molecule has 1 heterocycles. The first-order valence-corrected chi connectivity index (χ1v) is 7.48. The van der Waals surface area contributed by atoms with Crippen molar-refractivity contribution in [1.29, 1.82) is 0 Å². The molecule has 1 nitrogen and oxygen atoms in total. The van der Waals surface area contributed by atoms with E-state index in [1.54, 1.807) is 11.3 Å². The molecular formula is C14H15BrFNS. The first-order chi connectivity index (χ1) is 8.58. The molecule has 0 amide bonds. The second-order valence-electron chi connectivity index (χ2n) is 4.23. The van der Waals surface area contributed by atoms with Gasteiger partial charge in [-0.3, -0.25) is 0 Å². The summed E-state index contributed by atoms with van der Waals surface area (Å²) >= 11 is 5.07. The lowest BCUT2D eigenvalue weighted by atomic mass is 10.0. The van der Waals surface area contributed by atoms with Gasteiger partial charge in [-0.05, 0) is 42.3 Å². The van der Waals surface area contributed by atoms with Crippen LogP contribution in [-0.2, 0) is 12.8 Å². The zero-order valence-corrected chi connectivity index (χ0v) is 12.5. The third-order valence-corrected chi connectivity index (χ3v) is 4.51. The maximum absolute atomic E-state index is 13.3. The minimum absolute atomic E-state index is 0.166. The van der Waals surface area contributed by atoms with Crippen LogP contribution in [0.5, 0.6) is 0 Å². The van der Waals surface area contributed by atoms with Gasteiger partial charge in [-0.1, -0.05) is 22.9 Å². The predicted molar refractivity (Wildman–Crippen MR) is 78.4 cm³/mol. The highest BCUT2D eigenvalue weighted by atomic mass is 79.9. The zero-order valence-electron chi connectivity index (χ0n) is 10.1. The van der Waals surface area contributed by atoms with Crippen LogP contribution in [-0.4, -0.2) is 0 Å². The molecule has 4 heteroatoms. The van der Waals surface area contributed by atoms with E-state index < -0.39 is 0 Å². The molecule has 2 N–H and O–H groups in total. The van der Waals surface area contributed by atoms with Crippen molar-refractivity contribution >= 4 is 27.3 Å². The fourth-order valence-corrected chi connectivity index (χ4v) is 3.35. The summed E-state index contributed by atoms with van der Waals surface area (Å²) < 4.78 is 14.0. The zero-order chi connectivity index (χ0) is 13.1. The molecule has 18 heavy (non-hydrogen) atoms. The Bertz CT molecular complexity index is 518. The molecule has 1 atom stereocenters. The van der Waals surface area contributed by atoms with Crippen LogP contribution in [0.25, 0.3) is 0 Å². The van der Waals surface area contributed by atoms with Crippen LogP contribution in [0.15, 0.2) is 34.8 Å². The van der Waals surface area contributed by atoms with E-state index in [9.17, 15) is 4.39 Å². The summed E-state index contributed by atoms with van der Waals surface area (Å²) in [6.45, 7) is 2.14. The molecule has 0 fully saturated rings. The topological polar surface area (TPSA) is 26.0 Å². The van der Waals surface area contributed by atoms with Gasteiger partial charge in [0.25, 0.3) is 0 Å². The van der Waals surface area contributed by atoms with E-state index in [0.29, 0.717) is 0 Å². The third-order valence-electron chi connectivity index (χ3n) is 2.80. The fraction of sp³-hybridized carbons (Fsp3) is 0.286. The van der Waals surface area contributed by atoms with E-state index >= 15 is 0 Å². The molecule has 1 aromatic heterocycles. The SMILES string of the molecule is CCc1ccc(CC(N)c2cc(F)cc(Br)c2)s1. The second-order valence-corrected chi connectivity index (χ2v) is 6.40. The van der Waals surface area contributed by atoms with Gasteiger partial charge in [0.15, 0.2) is 0 Å². The van der Waals surface area contributed by atoms with Gasteiger partial charge in [-0.2, -0.15) is 0 Å². The lowest BCUT2D eigenvalue weighted by Crippen LogP contribution is -2.13. The standard InChI is InChI=1S/C14H15BrFNS/c1-2-12-3-4-13(18-12)8-14(17)9-5-10(15)7-11(16)6-9/h3-7,14H,2,8,17H2,1H3. The Morgan fingerprint density at radius 3 is 2.61 bits per heavy atom. The lowest BCUT2D eigenvalue weighted by Gasteiger charge is -2.11. The highest BCUT2D eigenvalue weighted by Gasteiger charge is 2.10. The normalized spacial score (nSPS) is 12.7. The van der Waals surface area contributed by atoms with Crippen molar-refractivity contribution in [2.45, 2.75) is 25.8 Å². The van der Waals surface area contributed by atoms with E-state index in [1.165, 1.54) is 21.9 Å². The largest absolute Gasteiger partial charge is 0.324 e. The minimum atomic E-state index is -0.254. The summed E-state index contributed by atoms with van der Waals surface area (Å²) in [5, 5.41) is 0. The van der Waals surface area contributed by atoms with E-state index in [1.807, 2.05) is 6.07 Å². The number of benzene rings is 1. The van der Waals surface area contributed by atoms with Gasteiger partial charge < -0.3 is 5.73 Å². The van der Waals surface area contributed by atoms with Gasteiger partial charge in [0.1, 0.15) is 5.82 Å². The number of thiophene rings is 1. The van der Waals surface area contributed by atoms with Gasteiger partial charge in [0.05, 0.1) is 0 Å². The van der Waals surface area contributed by atoms with Gasteiger partial charge in [0, 0.05) is 26.7 Å². The molecule has 0 aliphatic rings. The lowest BCUT2D eigenvalue weighted by molar-refractivity contribution is 0.618. The summed E-state index contributed by atoms with van der Waals surface area (Å²) in [5.41, 5.74) is 6.96. The molecular weight excluding hydrogens is 313 g/mol. The van der Waals surface area contributed by atoms with Crippen LogP contribution in [0.2, 0.25) is 0 Å². The molecule has 0 aliphatic carbocycles. The summed E-state index contributed by atoms with van der Waals surface area (Å²) in [5.74, 6) is -0.254. The Hall–Kier alpha value is -0.710. The molecule has 0 saturated heterocycles. The monoisotopic (exact) mass is 327 g/mol. The predicted octanol–water partition coefficient (Wildman–Crippen LogP) is 4.45. The van der Waals surface area contributed by atoms with Gasteiger partial charge in [-0.15, -0.1) is 11.3 Å². The van der Waals surface area contributed by atoms with E-state index in [-0.39, 0.29) is 11.9 Å². The van der Waals surface area contributed by atoms with Gasteiger partial charge in [0.2, 0.25) is 0 Å². The first-order valence-electron chi connectivity index (χ1n) is 5.87. The number of hydrogen-bond acceptors (Lipinski definition) is 2. The Morgan fingerprint density at radius 1 is 1.28 bits per heavy atom. The molecule has 1 unspecified atom stereocenters. The Kier molecular flexibility index (Phi) is 4.54. The average Bonchev–Trinajstić information content (AvgIpc) is 2.75. The van der Waals surface area contributed by atoms with Crippen molar-refractivity contribution in [2.24, 2.45) is 5.73 Å². The molecule has 0 aliphatic heterocycles. The minimum Gasteiger partial charge on any atom is -0.324 e. The Balaban J connectivity index is 2.13. The number of aryl methyl sites for hydroxylation is 1. The molecule has 96 valence electrons. The molecule has 2 aromatic rings. The number of rotatable bonds is 4. The van der Waals surface area contributed by atoms with Crippen molar-refractivity contribution < 1.29 is 4.39 Å². The maximum atomic E-state index is 13.3. The summed E-state index contributed by atoms with van der Waals surface area (Å²) in [4.78, 5) is 2.61. The Labute approximate surface area is 119 Å². The van der Waals surface area contributed by atoms with Crippen molar-refractivity contribution in [3.05, 3.63) is 55.9 Å². The highest BCUT2D eigenvalue weighted by molar-refractivity contribution is 9.10. The van der Waals surface area contributed by atoms with E-state index in [2.05, 4.69) is 35.0 Å². The summed E-state index contributed by atoms with van der Waals surface area (Å²) in [6, 6.07) is 8.90. The quantitative estimate of drug-likeness (QED) is 0.881. The average molecular weight is 328 g/mol. The molecule has 0 radical (unpaired) electrons. The van der Waals surface area contributed by atoms with Crippen LogP contribution in [0.1, 0.15) is 28.3 Å². The number of nitrogens with two attached hydrogens (primary N) is 1. The number of halogens is 2. The van der Waals surface area contributed by atoms with Crippen LogP contribution in [0.3, 0.4) is 0 Å². The molecule has 1 aromatic carbocycles. The molecule has 2 rings (SSSR count). The fourth-order valence-electron chi connectivity index (χ4n) is 1.85. The van der Waals surface area contributed by atoms with Crippen molar-refractivity contribution in [3.63, 3.8) is 0 Å². The molecule has 0 bridgehead atoms. The van der Waals surface area contributed by atoms with E-state index in [4.69, 9.17) is 5.73 Å². The Morgan fingerprint density at radius 2 is 2.00 bits per heavy atom. The first kappa shape index (κ1) is 13.7. The van der Waals surface area contributed by atoms with Crippen LogP contribution in [0, 0.1) is 5.82 Å². The summed E-state index contributed by atoms with van der Waals surface area (Å²) in [6.07, 6.45) is 1.80. The van der Waals surface area contributed by atoms with Gasteiger partial charge in [-0.25, -0.2) is 4.39 Å². The van der Waals surface area contributed by atoms with Crippen molar-refractivity contribution in [1.82, 2.24) is 0 Å². The second kappa shape index (κ2) is 5.95. The van der Waals surface area contributed by atoms with Crippen LogP contribution < -0.4 is 5.73 Å². The van der Waals surface area contributed by atoms with Gasteiger partial charge >= 0.3 is 0 Å². The maximum Gasteiger partial charge on any atom is 0.124 e. The van der Waals surface area contributed by atoms with E-state index in [0.717, 1.165) is 22.9 Å². The van der Waals surface area contributed by atoms with Crippen LogP contribution in [0.4, 0.5) is 4.39 Å². The molecule has 0 saturated carbocycles. The highest BCUT2D eigenvalue weighted by Crippen LogP contribution is 2.25. The number of hydrogen-bond donors (Lipinski definition) is 1. The van der Waals surface area contributed by atoms with Crippen LogP contribution >= 0.6 is 27.3 Å². The summed E-state index contributed by atoms with van der Waals surface area (Å²) in [7, 11) is 0.